The number of benzene rings is 2. The fourth-order valence-electron chi connectivity index (χ4n) is 4.96. The number of pyridine rings is 1. The van der Waals surface area contributed by atoms with E-state index in [1.807, 2.05) is 36.9 Å². The Kier molecular flexibility index (Phi) is 9.69. The maximum atomic E-state index is 13.6. The summed E-state index contributed by atoms with van der Waals surface area (Å²) >= 11 is 0. The predicted molar refractivity (Wildman–Crippen MR) is 150 cm³/mol. The molecule has 2 heterocycles. The number of rotatable bonds is 5. The quantitative estimate of drug-likeness (QED) is 0.202. The van der Waals surface area contributed by atoms with E-state index < -0.39 is 47.0 Å². The zero-order chi connectivity index (χ0) is 32.2. The van der Waals surface area contributed by atoms with E-state index in [2.05, 4.69) is 16.8 Å². The van der Waals surface area contributed by atoms with Crippen molar-refractivity contribution in [1.29, 1.82) is 0 Å². The number of nitrogens with zero attached hydrogens (tertiary/aromatic N) is 3. The lowest BCUT2D eigenvalue weighted by Gasteiger charge is -2.41. The highest BCUT2D eigenvalue weighted by molar-refractivity contribution is 5.95. The number of ether oxygens (including phenoxy) is 1. The van der Waals surface area contributed by atoms with Crippen LogP contribution in [-0.2, 0) is 23.5 Å². The van der Waals surface area contributed by atoms with Crippen molar-refractivity contribution in [3.8, 4) is 11.8 Å². The Morgan fingerprint density at radius 2 is 1.64 bits per heavy atom. The first-order valence-electron chi connectivity index (χ1n) is 13.6. The molecule has 3 aromatic rings. The Balaban J connectivity index is 1.63. The van der Waals surface area contributed by atoms with Crippen molar-refractivity contribution in [3.05, 3.63) is 99.4 Å². The fourth-order valence-corrected chi connectivity index (χ4v) is 4.96. The maximum absolute atomic E-state index is 13.6. The monoisotopic (exact) mass is 617 g/mol. The van der Waals surface area contributed by atoms with E-state index >= 15 is 0 Å². The molecule has 1 amide bonds. The summed E-state index contributed by atoms with van der Waals surface area (Å²) in [4.78, 5) is 32.9. The second-order valence-corrected chi connectivity index (χ2v) is 10.5. The van der Waals surface area contributed by atoms with Gasteiger partial charge in [-0.25, -0.2) is 9.78 Å². The first-order valence-corrected chi connectivity index (χ1v) is 13.6. The van der Waals surface area contributed by atoms with Crippen molar-refractivity contribution in [3.63, 3.8) is 0 Å². The Labute approximate surface area is 250 Å². The number of aromatic nitrogens is 1. The van der Waals surface area contributed by atoms with Crippen LogP contribution in [0, 0.1) is 25.7 Å². The van der Waals surface area contributed by atoms with E-state index in [0.29, 0.717) is 24.1 Å². The molecule has 4 rings (SSSR count). The van der Waals surface area contributed by atoms with Gasteiger partial charge in [0.15, 0.2) is 5.69 Å². The van der Waals surface area contributed by atoms with Crippen LogP contribution in [0.15, 0.2) is 54.7 Å². The summed E-state index contributed by atoms with van der Waals surface area (Å²) in [6.45, 7) is 4.67. The Morgan fingerprint density at radius 3 is 2.25 bits per heavy atom. The molecule has 0 saturated carbocycles. The molecule has 0 bridgehead atoms. The van der Waals surface area contributed by atoms with Crippen LogP contribution in [-0.4, -0.2) is 66.0 Å². The maximum Gasteiger partial charge on any atom is 0.416 e. The molecule has 0 N–H and O–H groups in total. The lowest BCUT2D eigenvalue weighted by Crippen LogP contribution is -2.56. The van der Waals surface area contributed by atoms with Gasteiger partial charge in [-0.15, -0.1) is 0 Å². The van der Waals surface area contributed by atoms with Crippen LogP contribution in [0.4, 0.5) is 26.3 Å². The van der Waals surface area contributed by atoms with Crippen molar-refractivity contribution in [2.45, 2.75) is 38.7 Å². The number of piperazine rings is 1. The van der Waals surface area contributed by atoms with Crippen molar-refractivity contribution in [2.24, 2.45) is 0 Å². The zero-order valence-electron chi connectivity index (χ0n) is 24.1. The largest absolute Gasteiger partial charge is 0.464 e. The molecule has 1 fully saturated rings. The van der Waals surface area contributed by atoms with Gasteiger partial charge in [-0.05, 0) is 67.3 Å². The predicted octanol–water partition coefficient (Wildman–Crippen LogP) is 5.94. The Bertz CT molecular complexity index is 1570. The standard InChI is InChI=1S/C32H29F6N3O3/c1-20-8-9-22(14-21(20)2)15-27-19-40(11-5-7-23-6-4-10-39-28(23)30(43)44-3)12-13-41(27)29(42)24-16-25(31(33,34)35)18-26(17-24)32(36,37)38/h4,6,8-10,14,16-18,27H,11-13,15,19H2,1-3H3/t27-/m1/s1. The third-order valence-corrected chi connectivity index (χ3v) is 7.42. The van der Waals surface area contributed by atoms with Gasteiger partial charge in [-0.2, -0.15) is 26.3 Å². The molecule has 12 heteroatoms. The second kappa shape index (κ2) is 13.1. The van der Waals surface area contributed by atoms with E-state index in [-0.39, 0.29) is 37.9 Å². The van der Waals surface area contributed by atoms with Gasteiger partial charge < -0.3 is 9.64 Å². The average molecular weight is 618 g/mol. The molecule has 0 spiro atoms. The molecule has 0 aliphatic carbocycles. The topological polar surface area (TPSA) is 62.7 Å². The molecule has 1 aliphatic rings. The van der Waals surface area contributed by atoms with Crippen LogP contribution in [0.5, 0.6) is 0 Å². The minimum absolute atomic E-state index is 0.00776. The van der Waals surface area contributed by atoms with Crippen molar-refractivity contribution >= 4 is 11.9 Å². The zero-order valence-corrected chi connectivity index (χ0v) is 24.1. The van der Waals surface area contributed by atoms with Gasteiger partial charge in [0.1, 0.15) is 0 Å². The van der Waals surface area contributed by atoms with Crippen LogP contribution in [0.3, 0.4) is 0 Å². The SMILES string of the molecule is COC(=O)c1ncccc1C#CCN1CCN(C(=O)c2cc(C(F)(F)F)cc(C(F)(F)F)c2)[C@H](Cc2ccc(C)c(C)c2)C1. The van der Waals surface area contributed by atoms with Gasteiger partial charge >= 0.3 is 18.3 Å². The number of carbonyl (C=O) groups is 2. The van der Waals surface area contributed by atoms with E-state index in [1.54, 1.807) is 12.1 Å². The van der Waals surface area contributed by atoms with Crippen LogP contribution in [0.1, 0.15) is 54.2 Å². The summed E-state index contributed by atoms with van der Waals surface area (Å²) in [7, 11) is 1.23. The average Bonchev–Trinajstić information content (AvgIpc) is 2.97. The molecule has 1 aliphatic heterocycles. The highest BCUT2D eigenvalue weighted by Gasteiger charge is 2.39. The van der Waals surface area contributed by atoms with Gasteiger partial charge in [0.2, 0.25) is 0 Å². The first-order chi connectivity index (χ1) is 20.7. The van der Waals surface area contributed by atoms with E-state index in [4.69, 9.17) is 4.74 Å². The van der Waals surface area contributed by atoms with Crippen molar-refractivity contribution in [1.82, 2.24) is 14.8 Å². The van der Waals surface area contributed by atoms with Gasteiger partial charge in [0, 0.05) is 37.4 Å². The summed E-state index contributed by atoms with van der Waals surface area (Å²) in [5.74, 6) is 4.34. The van der Waals surface area contributed by atoms with Crippen LogP contribution >= 0.6 is 0 Å². The summed E-state index contributed by atoms with van der Waals surface area (Å²) < 4.78 is 85.8. The second-order valence-electron chi connectivity index (χ2n) is 10.5. The molecule has 44 heavy (non-hydrogen) atoms. The molecule has 6 nitrogen and oxygen atoms in total. The third kappa shape index (κ3) is 7.77. The molecule has 1 atom stereocenters. The highest BCUT2D eigenvalue weighted by atomic mass is 19.4. The van der Waals surface area contributed by atoms with Crippen LogP contribution in [0.25, 0.3) is 0 Å². The van der Waals surface area contributed by atoms with E-state index in [9.17, 15) is 35.9 Å². The number of esters is 1. The third-order valence-electron chi connectivity index (χ3n) is 7.42. The lowest BCUT2D eigenvalue weighted by molar-refractivity contribution is -0.143. The number of aryl methyl sites for hydroxylation is 2. The van der Waals surface area contributed by atoms with Gasteiger partial charge in [-0.3, -0.25) is 9.69 Å². The Morgan fingerprint density at radius 1 is 0.955 bits per heavy atom. The highest BCUT2D eigenvalue weighted by Crippen LogP contribution is 2.37. The molecule has 0 unspecified atom stereocenters. The smallest absolute Gasteiger partial charge is 0.416 e. The lowest BCUT2D eigenvalue weighted by atomic mass is 9.97. The number of methoxy groups -OCH3 is 1. The fraction of sp³-hybridized carbons (Fsp3) is 0.344. The van der Waals surface area contributed by atoms with Crippen molar-refractivity contribution in [2.75, 3.05) is 33.3 Å². The minimum atomic E-state index is -5.07. The number of hydrogen-bond acceptors (Lipinski definition) is 5. The molecular formula is C32H29F6N3O3. The summed E-state index contributed by atoms with van der Waals surface area (Å²) in [5, 5.41) is 0. The normalized spacial score (nSPS) is 15.8. The Hall–Kier alpha value is -4.37. The molecule has 1 aromatic heterocycles. The molecule has 1 saturated heterocycles. The summed E-state index contributed by atoms with van der Waals surface area (Å²) in [6.07, 6.45) is -8.40. The van der Waals surface area contributed by atoms with E-state index in [1.165, 1.54) is 18.2 Å². The van der Waals surface area contributed by atoms with Crippen LogP contribution < -0.4 is 0 Å². The molecular weight excluding hydrogens is 588 g/mol. The number of carbonyl (C=O) groups excluding carboxylic acids is 2. The molecule has 2 aromatic carbocycles. The van der Waals surface area contributed by atoms with Gasteiger partial charge in [0.25, 0.3) is 5.91 Å². The van der Waals surface area contributed by atoms with Gasteiger partial charge in [-0.1, -0.05) is 30.0 Å². The number of halogens is 6. The number of alkyl halides is 6. The van der Waals surface area contributed by atoms with E-state index in [0.717, 1.165) is 16.7 Å². The first kappa shape index (κ1) is 32.5. The van der Waals surface area contributed by atoms with Gasteiger partial charge in [0.05, 0.1) is 30.3 Å². The van der Waals surface area contributed by atoms with Crippen LogP contribution in [0.2, 0.25) is 0 Å². The number of hydrogen-bond donors (Lipinski definition) is 0. The minimum Gasteiger partial charge on any atom is -0.464 e. The number of amides is 1. The summed E-state index contributed by atoms with van der Waals surface area (Å²) in [5.41, 5.74) is -0.430. The molecule has 0 radical (unpaired) electrons. The van der Waals surface area contributed by atoms with Crippen molar-refractivity contribution < 1.29 is 40.7 Å². The summed E-state index contributed by atoms with van der Waals surface area (Å²) in [6, 6.07) is 9.35. The molecule has 232 valence electrons.